The molecule has 5 aromatic rings. The minimum absolute atomic E-state index is 0.231. The summed E-state index contributed by atoms with van der Waals surface area (Å²) >= 11 is 0. The summed E-state index contributed by atoms with van der Waals surface area (Å²) in [5, 5.41) is 11.2. The maximum absolute atomic E-state index is 12.5. The molecule has 0 unspecified atom stereocenters. The Morgan fingerprint density at radius 3 is 2.43 bits per heavy atom. The number of aromatic amines is 1. The number of fused-ring (bicyclic) bond motifs is 1. The number of hydrogen-bond donors (Lipinski definition) is 2. The van der Waals surface area contributed by atoms with E-state index in [4.69, 9.17) is 4.98 Å². The number of carbonyl (C=O) groups excluding carboxylic acids is 1. The van der Waals surface area contributed by atoms with Gasteiger partial charge in [-0.15, -0.1) is 0 Å². The topological polar surface area (TPSA) is 92.8 Å². The molecule has 0 radical (unpaired) electrons. The number of nitrogens with one attached hydrogen (secondary N) is 2. The lowest BCUT2D eigenvalue weighted by atomic mass is 9.69. The summed E-state index contributed by atoms with van der Waals surface area (Å²) in [5.41, 5.74) is 6.88. The number of benzene rings is 2. The molecule has 0 saturated heterocycles. The van der Waals surface area contributed by atoms with Crippen LogP contribution in [0.3, 0.4) is 0 Å². The summed E-state index contributed by atoms with van der Waals surface area (Å²) in [6.45, 7) is 0.772. The first-order valence-corrected chi connectivity index (χ1v) is 13.7. The summed E-state index contributed by atoms with van der Waals surface area (Å²) in [4.78, 5) is 20.9. The fraction of sp³-hybridized carbons (Fsp3) is 0.250. The number of alkyl halides is 3. The number of hydrogen-bond acceptors (Lipinski definition) is 6. The van der Waals surface area contributed by atoms with Crippen molar-refractivity contribution in [2.24, 2.45) is 5.41 Å². The predicted molar refractivity (Wildman–Crippen MR) is 153 cm³/mol. The summed E-state index contributed by atoms with van der Waals surface area (Å²) in [7, 11) is 0. The number of pyridine rings is 2. The number of halogens is 3. The maximum atomic E-state index is 12.5. The van der Waals surface area contributed by atoms with Crippen molar-refractivity contribution >= 4 is 16.9 Å². The normalized spacial score (nSPS) is 14.5. The first-order chi connectivity index (χ1) is 20.3. The molecule has 6 rings (SSSR count). The number of esters is 1. The molecular formula is C32H28F3N5O2. The largest absolute Gasteiger partial charge is 0.490 e. The fourth-order valence-electron chi connectivity index (χ4n) is 5.37. The van der Waals surface area contributed by atoms with Crippen LogP contribution in [0.5, 0.6) is 0 Å². The molecule has 1 aliphatic carbocycles. The van der Waals surface area contributed by atoms with Crippen molar-refractivity contribution in [1.82, 2.24) is 25.5 Å². The lowest BCUT2D eigenvalue weighted by Crippen LogP contribution is -2.44. The Hall–Kier alpha value is -4.57. The number of aromatic nitrogens is 4. The Morgan fingerprint density at radius 2 is 1.76 bits per heavy atom. The van der Waals surface area contributed by atoms with Crippen molar-refractivity contribution < 1.29 is 22.7 Å². The van der Waals surface area contributed by atoms with Gasteiger partial charge in [-0.1, -0.05) is 61.0 Å². The highest BCUT2D eigenvalue weighted by atomic mass is 19.4. The van der Waals surface area contributed by atoms with Gasteiger partial charge >= 0.3 is 12.1 Å². The van der Waals surface area contributed by atoms with Gasteiger partial charge < -0.3 is 10.1 Å². The summed E-state index contributed by atoms with van der Waals surface area (Å²) in [5.74, 6) is -2.13. The van der Waals surface area contributed by atoms with Gasteiger partial charge in [0, 0.05) is 53.0 Å². The molecule has 214 valence electrons. The van der Waals surface area contributed by atoms with Crippen LogP contribution in [0.15, 0.2) is 85.3 Å². The van der Waals surface area contributed by atoms with Crippen molar-refractivity contribution in [2.75, 3.05) is 13.2 Å². The monoisotopic (exact) mass is 571 g/mol. The van der Waals surface area contributed by atoms with Crippen LogP contribution in [-0.2, 0) is 16.1 Å². The van der Waals surface area contributed by atoms with Crippen LogP contribution < -0.4 is 5.32 Å². The molecule has 0 bridgehead atoms. The minimum atomic E-state index is -4.97. The number of nitrogens with zero attached hydrogens (tertiary/aromatic N) is 3. The van der Waals surface area contributed by atoms with Crippen LogP contribution >= 0.6 is 0 Å². The van der Waals surface area contributed by atoms with Crippen molar-refractivity contribution in [3.05, 3.63) is 90.9 Å². The van der Waals surface area contributed by atoms with Crippen LogP contribution in [0.1, 0.15) is 24.8 Å². The molecule has 10 heteroatoms. The molecule has 1 saturated carbocycles. The Labute approximate surface area is 240 Å². The zero-order valence-electron chi connectivity index (χ0n) is 22.6. The number of rotatable bonds is 9. The van der Waals surface area contributed by atoms with Gasteiger partial charge in [0.1, 0.15) is 0 Å². The SMILES string of the molecule is O=C(OCC1(CNCc2ccc(-c3nc4ccnc(-c5cn[nH]c5)c4cc3-c3ccccc3)cc2)CCC1)C(F)(F)F. The Bertz CT molecular complexity index is 1680. The predicted octanol–water partition coefficient (Wildman–Crippen LogP) is 6.72. The number of carbonyl (C=O) groups is 1. The van der Waals surface area contributed by atoms with Crippen molar-refractivity contribution in [1.29, 1.82) is 0 Å². The first-order valence-electron chi connectivity index (χ1n) is 13.7. The minimum Gasteiger partial charge on any atom is -0.458 e. The van der Waals surface area contributed by atoms with E-state index >= 15 is 0 Å². The van der Waals surface area contributed by atoms with Crippen LogP contribution in [0.25, 0.3) is 44.5 Å². The molecule has 7 nitrogen and oxygen atoms in total. The smallest absolute Gasteiger partial charge is 0.458 e. The average molecular weight is 572 g/mol. The van der Waals surface area contributed by atoms with Crippen LogP contribution in [0, 0.1) is 5.41 Å². The lowest BCUT2D eigenvalue weighted by Gasteiger charge is -2.41. The molecule has 3 aromatic heterocycles. The summed E-state index contributed by atoms with van der Waals surface area (Å²) < 4.78 is 42.2. The average Bonchev–Trinajstić information content (AvgIpc) is 3.52. The van der Waals surface area contributed by atoms with E-state index < -0.39 is 17.6 Å². The highest BCUT2D eigenvalue weighted by Crippen LogP contribution is 2.41. The molecule has 0 atom stereocenters. The van der Waals surface area contributed by atoms with E-state index in [9.17, 15) is 18.0 Å². The van der Waals surface area contributed by atoms with Gasteiger partial charge in [0.05, 0.1) is 29.7 Å². The van der Waals surface area contributed by atoms with E-state index in [1.54, 1.807) is 12.4 Å². The molecule has 0 amide bonds. The number of ether oxygens (including phenoxy) is 1. The zero-order valence-corrected chi connectivity index (χ0v) is 22.6. The van der Waals surface area contributed by atoms with Gasteiger partial charge in [-0.2, -0.15) is 18.3 Å². The third-order valence-electron chi connectivity index (χ3n) is 7.81. The highest BCUT2D eigenvalue weighted by molar-refractivity contribution is 5.98. The quantitative estimate of drug-likeness (QED) is 0.191. The van der Waals surface area contributed by atoms with Gasteiger partial charge in [0.15, 0.2) is 0 Å². The van der Waals surface area contributed by atoms with Crippen LogP contribution in [0.4, 0.5) is 13.2 Å². The van der Waals surface area contributed by atoms with Gasteiger partial charge in [0.25, 0.3) is 0 Å². The summed E-state index contributed by atoms with van der Waals surface area (Å²) in [6, 6.07) is 22.2. The van der Waals surface area contributed by atoms with E-state index in [0.29, 0.717) is 13.1 Å². The Morgan fingerprint density at radius 1 is 0.976 bits per heavy atom. The zero-order chi connectivity index (χ0) is 29.2. The molecular weight excluding hydrogens is 543 g/mol. The maximum Gasteiger partial charge on any atom is 0.490 e. The van der Waals surface area contributed by atoms with Gasteiger partial charge in [-0.3, -0.25) is 10.1 Å². The molecule has 3 heterocycles. The third kappa shape index (κ3) is 5.75. The molecule has 0 aliphatic heterocycles. The second-order valence-electron chi connectivity index (χ2n) is 10.7. The number of H-pyrrole nitrogens is 1. The van der Waals surface area contributed by atoms with Gasteiger partial charge in [0.2, 0.25) is 0 Å². The van der Waals surface area contributed by atoms with Crippen molar-refractivity contribution in [2.45, 2.75) is 32.0 Å². The Balaban J connectivity index is 1.22. The third-order valence-corrected chi connectivity index (χ3v) is 7.81. The van der Waals surface area contributed by atoms with Gasteiger partial charge in [-0.25, -0.2) is 9.78 Å². The van der Waals surface area contributed by atoms with E-state index in [-0.39, 0.29) is 6.61 Å². The highest BCUT2D eigenvalue weighted by Gasteiger charge is 2.44. The second-order valence-corrected chi connectivity index (χ2v) is 10.7. The molecule has 1 fully saturated rings. The Kier molecular flexibility index (Phi) is 7.47. The molecule has 42 heavy (non-hydrogen) atoms. The van der Waals surface area contributed by atoms with Crippen molar-refractivity contribution in [3.63, 3.8) is 0 Å². The van der Waals surface area contributed by atoms with E-state index in [1.165, 1.54) is 0 Å². The lowest BCUT2D eigenvalue weighted by molar-refractivity contribution is -0.204. The van der Waals surface area contributed by atoms with E-state index in [1.807, 2.05) is 54.7 Å². The van der Waals surface area contributed by atoms with E-state index in [0.717, 1.165) is 69.4 Å². The summed E-state index contributed by atoms with van der Waals surface area (Å²) in [6.07, 6.45) is 2.67. The van der Waals surface area contributed by atoms with Crippen LogP contribution in [-0.4, -0.2) is 45.5 Å². The molecule has 2 N–H and O–H groups in total. The molecule has 1 aliphatic rings. The molecule has 2 aromatic carbocycles. The fourth-order valence-corrected chi connectivity index (χ4v) is 5.37. The molecule has 0 spiro atoms. The van der Waals surface area contributed by atoms with Gasteiger partial charge in [-0.05, 0) is 36.1 Å². The standard InChI is InChI=1S/C32H28F3N5O2/c33-32(34,35)30(41)42-20-31(12-4-13-31)19-36-16-21-7-9-23(10-8-21)29-25(22-5-2-1-3-6-22)15-26-27(40-29)11-14-37-28(26)24-17-38-39-18-24/h1-3,5-11,14-15,17-18,36H,4,12-13,16,19-20H2,(H,38,39). The van der Waals surface area contributed by atoms with Crippen LogP contribution in [0.2, 0.25) is 0 Å². The first kappa shape index (κ1) is 27.6. The van der Waals surface area contributed by atoms with E-state index in [2.05, 4.69) is 43.4 Å². The van der Waals surface area contributed by atoms with Crippen molar-refractivity contribution in [3.8, 4) is 33.6 Å². The second kappa shape index (κ2) is 11.4.